The Bertz CT molecular complexity index is 6250. The first kappa shape index (κ1) is 56.4. The fourth-order valence-corrected chi connectivity index (χ4v) is 18.2. The van der Waals surface area contributed by atoms with Crippen LogP contribution in [0.25, 0.3) is 173 Å². The van der Waals surface area contributed by atoms with Crippen LogP contribution in [0, 0.1) is 0 Å². The number of fused-ring (bicyclic) bond motifs is 19. The van der Waals surface area contributed by atoms with Crippen molar-refractivity contribution >= 4 is 108 Å². The van der Waals surface area contributed by atoms with Crippen LogP contribution in [-0.4, -0.2) is 9.97 Å². The Balaban J connectivity index is 0.000000135. The summed E-state index contributed by atoms with van der Waals surface area (Å²) in [6, 6.07) is 112. The number of benzene rings is 16. The highest BCUT2D eigenvalue weighted by molar-refractivity contribution is 7.23. The van der Waals surface area contributed by atoms with Gasteiger partial charge in [0.2, 0.25) is 0 Å². The first-order valence-corrected chi connectivity index (χ1v) is 34.9. The van der Waals surface area contributed by atoms with Crippen molar-refractivity contribution in [2.24, 2.45) is 0 Å². The van der Waals surface area contributed by atoms with Gasteiger partial charge in [-0.2, -0.15) is 0 Å². The number of aromatic nitrogens is 2. The fraction of sp³-hybridized carbons (Fsp3) is 0.0652. The third-order valence-corrected chi connectivity index (χ3v) is 23.2. The van der Waals surface area contributed by atoms with Gasteiger partial charge in [-0.05, 0) is 204 Å². The van der Waals surface area contributed by atoms with Crippen molar-refractivity contribution in [3.8, 4) is 87.9 Å². The molecule has 2 nitrogen and oxygen atoms in total. The van der Waals surface area contributed by atoms with Crippen molar-refractivity contribution in [3.05, 3.63) is 326 Å². The molecule has 0 amide bonds. The van der Waals surface area contributed by atoms with Gasteiger partial charge in [0.15, 0.2) is 0 Å². The third kappa shape index (κ3) is 9.04. The zero-order valence-electron chi connectivity index (χ0n) is 53.6. The molecule has 0 bridgehead atoms. The Labute approximate surface area is 565 Å². The van der Waals surface area contributed by atoms with Crippen molar-refractivity contribution in [2.75, 3.05) is 0 Å². The molecule has 4 heteroatoms. The Kier molecular flexibility index (Phi) is 12.8. The number of thiazole rings is 2. The maximum atomic E-state index is 5.05. The van der Waals surface area contributed by atoms with Crippen LogP contribution in [0.5, 0.6) is 0 Å². The van der Waals surface area contributed by atoms with Crippen LogP contribution in [0.3, 0.4) is 0 Å². The molecule has 0 saturated carbocycles. The van der Waals surface area contributed by atoms with E-state index in [1.54, 1.807) is 22.7 Å². The standard InChI is InChI=1S/2C46H31NS/c1-46(2)40-27-35(20-22-37(40)38-23-19-28-9-6-7-14-36(28)43(38)46)33-13-8-12-32(25-33)34-18-16-29-15-17-30-21-24-41-44(42(30)39(29)26-34)48-45(47-41)31-10-4-3-5-11-31;1-46(2)40-27-36(19-21-37(40)39-25-33-11-6-7-12-34(33)26-41(39)46)32-14-8-13-31(23-32)35-18-16-28-15-17-29-20-22-42-44(43(29)38(28)24-35)48-45(47-42)30-9-4-3-5-10-30/h2*3-27H,1-2H3. The zero-order valence-corrected chi connectivity index (χ0v) is 55.2. The van der Waals surface area contributed by atoms with E-state index < -0.39 is 0 Å². The van der Waals surface area contributed by atoms with Crippen molar-refractivity contribution < 1.29 is 0 Å². The predicted molar refractivity (Wildman–Crippen MR) is 412 cm³/mol. The smallest absolute Gasteiger partial charge is 0.124 e. The highest BCUT2D eigenvalue weighted by Gasteiger charge is 2.38. The molecular weight excluding hydrogens is 1200 g/mol. The average Bonchev–Trinajstić information content (AvgIpc) is 1.56. The minimum Gasteiger partial charge on any atom is -0.236 e. The van der Waals surface area contributed by atoms with Gasteiger partial charge in [0.05, 0.1) is 20.4 Å². The van der Waals surface area contributed by atoms with Crippen LogP contribution in [0.1, 0.15) is 49.9 Å². The van der Waals surface area contributed by atoms with Gasteiger partial charge < -0.3 is 0 Å². The Morgan fingerprint density at radius 2 is 0.604 bits per heavy atom. The number of nitrogens with zero attached hydrogens (tertiary/aromatic N) is 2. The summed E-state index contributed by atoms with van der Waals surface area (Å²) in [7, 11) is 0. The van der Waals surface area contributed by atoms with Crippen LogP contribution in [0.15, 0.2) is 303 Å². The van der Waals surface area contributed by atoms with Gasteiger partial charge in [0.1, 0.15) is 10.0 Å². The summed E-state index contributed by atoms with van der Waals surface area (Å²) in [5, 5.41) is 17.5. The van der Waals surface area contributed by atoms with Gasteiger partial charge in [-0.25, -0.2) is 9.97 Å². The molecule has 96 heavy (non-hydrogen) atoms. The summed E-state index contributed by atoms with van der Waals surface area (Å²) in [4.78, 5) is 10.1. The second-order valence-electron chi connectivity index (χ2n) is 27.2. The molecule has 452 valence electrons. The molecule has 0 unspecified atom stereocenters. The summed E-state index contributed by atoms with van der Waals surface area (Å²) < 4.78 is 2.50. The minimum absolute atomic E-state index is 0.0654. The molecular formula is C92H62N2S2. The van der Waals surface area contributed by atoms with E-state index in [1.807, 2.05) is 0 Å². The lowest BCUT2D eigenvalue weighted by Crippen LogP contribution is -2.15. The number of hydrogen-bond donors (Lipinski definition) is 0. The van der Waals surface area contributed by atoms with E-state index in [-0.39, 0.29) is 10.8 Å². The molecule has 16 aromatic carbocycles. The quantitative estimate of drug-likeness (QED) is 0.155. The third-order valence-electron chi connectivity index (χ3n) is 20.9. The van der Waals surface area contributed by atoms with Crippen LogP contribution < -0.4 is 0 Å². The van der Waals surface area contributed by atoms with E-state index in [9.17, 15) is 0 Å². The van der Waals surface area contributed by atoms with Crippen LogP contribution in [0.4, 0.5) is 0 Å². The van der Waals surface area contributed by atoms with Crippen molar-refractivity contribution in [2.45, 2.75) is 38.5 Å². The Hall–Kier alpha value is -11.1. The van der Waals surface area contributed by atoms with Gasteiger partial charge in [0.25, 0.3) is 0 Å². The molecule has 20 rings (SSSR count). The summed E-state index contributed by atoms with van der Waals surface area (Å²) in [5.74, 6) is 0. The number of hydrogen-bond acceptors (Lipinski definition) is 4. The summed E-state index contributed by atoms with van der Waals surface area (Å²) in [5.41, 5.74) is 25.3. The molecule has 0 aliphatic heterocycles. The lowest BCUT2D eigenvalue weighted by Gasteiger charge is -2.23. The monoisotopic (exact) mass is 1260 g/mol. The zero-order chi connectivity index (χ0) is 64.0. The summed E-state index contributed by atoms with van der Waals surface area (Å²) in [6.45, 7) is 9.50. The van der Waals surface area contributed by atoms with E-state index in [4.69, 9.17) is 9.97 Å². The predicted octanol–water partition coefficient (Wildman–Crippen LogP) is 26.1. The molecule has 0 spiro atoms. The summed E-state index contributed by atoms with van der Waals surface area (Å²) in [6.07, 6.45) is 0. The molecule has 2 aliphatic rings. The van der Waals surface area contributed by atoms with E-state index in [0.717, 1.165) is 32.2 Å². The van der Waals surface area contributed by atoms with Gasteiger partial charge in [-0.3, -0.25) is 0 Å². The van der Waals surface area contributed by atoms with Crippen LogP contribution in [-0.2, 0) is 10.8 Å². The fourth-order valence-electron chi connectivity index (χ4n) is 15.9. The molecule has 0 radical (unpaired) electrons. The van der Waals surface area contributed by atoms with Gasteiger partial charge >= 0.3 is 0 Å². The molecule has 0 fully saturated rings. The van der Waals surface area contributed by atoms with Gasteiger partial charge in [-0.1, -0.05) is 270 Å². The lowest BCUT2D eigenvalue weighted by molar-refractivity contribution is 0.661. The van der Waals surface area contributed by atoms with Crippen LogP contribution in [0.2, 0.25) is 0 Å². The molecule has 2 aromatic heterocycles. The molecule has 18 aromatic rings. The largest absolute Gasteiger partial charge is 0.236 e. The minimum atomic E-state index is -0.0824. The Morgan fingerprint density at radius 3 is 1.15 bits per heavy atom. The van der Waals surface area contributed by atoms with Crippen LogP contribution >= 0.6 is 22.7 Å². The van der Waals surface area contributed by atoms with Gasteiger partial charge in [0, 0.05) is 32.7 Å². The van der Waals surface area contributed by atoms with E-state index in [0.29, 0.717) is 0 Å². The lowest BCUT2D eigenvalue weighted by atomic mass is 9.79. The topological polar surface area (TPSA) is 25.8 Å². The average molecular weight is 1260 g/mol. The SMILES string of the molecule is CC1(C)c2cc(-c3cccc(-c4ccc5ccc6ccc7nc(-c8ccccc8)sc7c6c5c4)c3)ccc2-c2cc3ccccc3cc21.CC1(C)c2cc(-c3cccc(-c4ccc5ccc6ccc7nc(-c8ccccc8)sc7c6c5c4)c3)ccc2-c2ccc3ccccc3c21. The highest BCUT2D eigenvalue weighted by Crippen LogP contribution is 2.54. The molecule has 2 aliphatic carbocycles. The van der Waals surface area contributed by atoms with Gasteiger partial charge in [-0.15, -0.1) is 22.7 Å². The molecule has 2 heterocycles. The second-order valence-corrected chi connectivity index (χ2v) is 29.2. The Morgan fingerprint density at radius 1 is 0.240 bits per heavy atom. The van der Waals surface area contributed by atoms with E-state index in [1.165, 1.54) is 163 Å². The second kappa shape index (κ2) is 21.7. The van der Waals surface area contributed by atoms with E-state index in [2.05, 4.69) is 331 Å². The van der Waals surface area contributed by atoms with Crippen molar-refractivity contribution in [3.63, 3.8) is 0 Å². The van der Waals surface area contributed by atoms with E-state index >= 15 is 0 Å². The first-order chi connectivity index (χ1) is 47.0. The van der Waals surface area contributed by atoms with Crippen molar-refractivity contribution in [1.82, 2.24) is 9.97 Å². The van der Waals surface area contributed by atoms with Crippen molar-refractivity contribution in [1.29, 1.82) is 0 Å². The maximum absolute atomic E-state index is 5.05. The summed E-state index contributed by atoms with van der Waals surface area (Å²) >= 11 is 3.58. The molecule has 0 atom stereocenters. The molecule has 0 saturated heterocycles. The number of rotatable bonds is 6. The normalized spacial score (nSPS) is 13.4. The first-order valence-electron chi connectivity index (χ1n) is 33.2. The highest BCUT2D eigenvalue weighted by atomic mass is 32.1. The molecule has 0 N–H and O–H groups in total. The maximum Gasteiger partial charge on any atom is 0.124 e.